The van der Waals surface area contributed by atoms with E-state index in [9.17, 15) is 4.79 Å². The molecule has 1 amide bonds. The van der Waals surface area contributed by atoms with Crippen molar-refractivity contribution in [2.45, 2.75) is 38.0 Å². The minimum absolute atomic E-state index is 0.0669. The first-order valence-corrected chi connectivity index (χ1v) is 7.56. The Labute approximate surface area is 121 Å². The Balaban J connectivity index is 1.98. The molecule has 0 atom stereocenters. The van der Waals surface area contributed by atoms with Crippen molar-refractivity contribution in [2.24, 2.45) is 0 Å². The molecule has 20 heavy (non-hydrogen) atoms. The van der Waals surface area contributed by atoms with Gasteiger partial charge in [0.05, 0.1) is 6.61 Å². The van der Waals surface area contributed by atoms with Gasteiger partial charge in [0.2, 0.25) is 0 Å². The van der Waals surface area contributed by atoms with Crippen molar-refractivity contribution in [3.8, 4) is 0 Å². The second kappa shape index (κ2) is 7.44. The zero-order valence-corrected chi connectivity index (χ0v) is 12.6. The van der Waals surface area contributed by atoms with Gasteiger partial charge in [-0.05, 0) is 36.5 Å². The highest BCUT2D eigenvalue weighted by Gasteiger charge is 2.16. The first-order valence-electron chi connectivity index (χ1n) is 7.56. The van der Waals surface area contributed by atoms with Crippen LogP contribution in [0.1, 0.15) is 53.9 Å². The zero-order valence-electron chi connectivity index (χ0n) is 12.6. The molecule has 0 bridgehead atoms. The fourth-order valence-corrected chi connectivity index (χ4v) is 2.88. The van der Waals surface area contributed by atoms with Crippen LogP contribution < -0.4 is 0 Å². The first-order chi connectivity index (χ1) is 9.72. The average Bonchev–Trinajstić information content (AvgIpc) is 2.53. The van der Waals surface area contributed by atoms with Gasteiger partial charge in [0.15, 0.2) is 0 Å². The van der Waals surface area contributed by atoms with Crippen molar-refractivity contribution < 1.29 is 9.53 Å². The third-order valence-corrected chi connectivity index (χ3v) is 4.21. The van der Waals surface area contributed by atoms with Crippen molar-refractivity contribution in [2.75, 3.05) is 27.3 Å². The smallest absolute Gasteiger partial charge is 0.253 e. The van der Waals surface area contributed by atoms with Gasteiger partial charge in [0.25, 0.3) is 5.91 Å². The number of hydrogen-bond acceptors (Lipinski definition) is 2. The normalized spacial score (nSPS) is 16.1. The summed E-state index contributed by atoms with van der Waals surface area (Å²) in [5, 5.41) is 0. The molecule has 0 heterocycles. The summed E-state index contributed by atoms with van der Waals surface area (Å²) in [5.74, 6) is 0.761. The van der Waals surface area contributed by atoms with Crippen LogP contribution in [0.15, 0.2) is 24.3 Å². The Morgan fingerprint density at radius 3 is 2.45 bits per heavy atom. The molecule has 3 nitrogen and oxygen atoms in total. The molecule has 1 aromatic carbocycles. The van der Waals surface area contributed by atoms with Crippen LogP contribution in [0.2, 0.25) is 0 Å². The number of carbonyl (C=O) groups excluding carboxylic acids is 1. The number of ether oxygens (including phenoxy) is 1. The minimum atomic E-state index is 0.0669. The molecule has 0 radical (unpaired) electrons. The molecule has 1 aromatic rings. The average molecular weight is 275 g/mol. The lowest BCUT2D eigenvalue weighted by atomic mass is 9.84. The summed E-state index contributed by atoms with van der Waals surface area (Å²) in [6.07, 6.45) is 6.63. The molecule has 1 aliphatic carbocycles. The highest BCUT2D eigenvalue weighted by Crippen LogP contribution is 2.32. The summed E-state index contributed by atoms with van der Waals surface area (Å²) in [5.41, 5.74) is 2.16. The SMILES string of the molecule is COCCN(C)C(=O)c1ccc(C2CCCCC2)cc1. The van der Waals surface area contributed by atoms with Crippen LogP contribution in [0, 0.1) is 0 Å². The number of methoxy groups -OCH3 is 1. The summed E-state index contributed by atoms with van der Waals surface area (Å²) < 4.78 is 5.00. The second-order valence-corrected chi connectivity index (χ2v) is 5.68. The molecule has 2 rings (SSSR count). The van der Waals surface area contributed by atoms with Crippen molar-refractivity contribution in [3.05, 3.63) is 35.4 Å². The van der Waals surface area contributed by atoms with E-state index in [1.807, 2.05) is 19.2 Å². The van der Waals surface area contributed by atoms with E-state index in [2.05, 4.69) is 12.1 Å². The largest absolute Gasteiger partial charge is 0.383 e. The Morgan fingerprint density at radius 2 is 1.85 bits per heavy atom. The molecule has 1 saturated carbocycles. The summed E-state index contributed by atoms with van der Waals surface area (Å²) in [7, 11) is 3.47. The van der Waals surface area contributed by atoms with E-state index in [0.29, 0.717) is 19.1 Å². The number of amides is 1. The number of benzene rings is 1. The molecule has 0 aliphatic heterocycles. The maximum Gasteiger partial charge on any atom is 0.253 e. The van der Waals surface area contributed by atoms with Crippen LogP contribution in [0.3, 0.4) is 0 Å². The van der Waals surface area contributed by atoms with Gasteiger partial charge in [0.1, 0.15) is 0 Å². The standard InChI is InChI=1S/C17H25NO2/c1-18(12-13-20-2)17(19)16-10-8-15(9-11-16)14-6-4-3-5-7-14/h8-11,14H,3-7,12-13H2,1-2H3. The molecule has 1 fully saturated rings. The second-order valence-electron chi connectivity index (χ2n) is 5.68. The van der Waals surface area contributed by atoms with Gasteiger partial charge in [-0.15, -0.1) is 0 Å². The monoisotopic (exact) mass is 275 g/mol. The van der Waals surface area contributed by atoms with Crippen molar-refractivity contribution >= 4 is 5.91 Å². The molecule has 3 heteroatoms. The molecular formula is C17H25NO2. The van der Waals surface area contributed by atoms with E-state index in [1.165, 1.54) is 37.7 Å². The summed E-state index contributed by atoms with van der Waals surface area (Å²) in [6, 6.07) is 8.20. The fraction of sp³-hybridized carbons (Fsp3) is 0.588. The fourth-order valence-electron chi connectivity index (χ4n) is 2.88. The van der Waals surface area contributed by atoms with Crippen LogP contribution in [0.5, 0.6) is 0 Å². The van der Waals surface area contributed by atoms with Gasteiger partial charge < -0.3 is 9.64 Å². The van der Waals surface area contributed by atoms with Crippen LogP contribution in [0.4, 0.5) is 0 Å². The number of carbonyl (C=O) groups is 1. The zero-order chi connectivity index (χ0) is 14.4. The van der Waals surface area contributed by atoms with Gasteiger partial charge in [-0.2, -0.15) is 0 Å². The van der Waals surface area contributed by atoms with Crippen LogP contribution >= 0.6 is 0 Å². The molecule has 110 valence electrons. The molecule has 1 aliphatic rings. The van der Waals surface area contributed by atoms with E-state index in [0.717, 1.165) is 5.56 Å². The predicted octanol–water partition coefficient (Wildman–Crippen LogP) is 3.45. The van der Waals surface area contributed by atoms with E-state index in [4.69, 9.17) is 4.74 Å². The maximum absolute atomic E-state index is 12.2. The number of rotatable bonds is 5. The number of nitrogens with zero attached hydrogens (tertiary/aromatic N) is 1. The Bertz CT molecular complexity index is 421. The third kappa shape index (κ3) is 3.83. The van der Waals surface area contributed by atoms with Crippen LogP contribution in [-0.2, 0) is 4.74 Å². The van der Waals surface area contributed by atoms with E-state index < -0.39 is 0 Å². The Kier molecular flexibility index (Phi) is 5.60. The number of likely N-dealkylation sites (N-methyl/N-ethyl adjacent to an activating group) is 1. The van der Waals surface area contributed by atoms with Crippen LogP contribution in [-0.4, -0.2) is 38.1 Å². The number of hydrogen-bond donors (Lipinski definition) is 0. The Hall–Kier alpha value is -1.35. The molecule has 0 aromatic heterocycles. The van der Waals surface area contributed by atoms with E-state index in [-0.39, 0.29) is 5.91 Å². The van der Waals surface area contributed by atoms with E-state index >= 15 is 0 Å². The molecule has 0 spiro atoms. The van der Waals surface area contributed by atoms with Crippen molar-refractivity contribution in [1.29, 1.82) is 0 Å². The highest BCUT2D eigenvalue weighted by molar-refractivity contribution is 5.94. The molecule has 0 unspecified atom stereocenters. The summed E-state index contributed by atoms with van der Waals surface area (Å²) in [6.45, 7) is 1.20. The first kappa shape index (κ1) is 15.0. The van der Waals surface area contributed by atoms with Gasteiger partial charge >= 0.3 is 0 Å². The molecule has 0 saturated heterocycles. The van der Waals surface area contributed by atoms with Gasteiger partial charge in [-0.25, -0.2) is 0 Å². The summed E-state index contributed by atoms with van der Waals surface area (Å²) in [4.78, 5) is 13.9. The highest BCUT2D eigenvalue weighted by atomic mass is 16.5. The van der Waals surface area contributed by atoms with Crippen LogP contribution in [0.25, 0.3) is 0 Å². The molecular weight excluding hydrogens is 250 g/mol. The van der Waals surface area contributed by atoms with E-state index in [1.54, 1.807) is 12.0 Å². The van der Waals surface area contributed by atoms with Crippen molar-refractivity contribution in [1.82, 2.24) is 4.90 Å². The quantitative estimate of drug-likeness (QED) is 0.823. The molecule has 0 N–H and O–H groups in total. The minimum Gasteiger partial charge on any atom is -0.383 e. The van der Waals surface area contributed by atoms with Gasteiger partial charge in [0, 0.05) is 26.3 Å². The lowest BCUT2D eigenvalue weighted by Crippen LogP contribution is -2.29. The topological polar surface area (TPSA) is 29.5 Å². The third-order valence-electron chi connectivity index (χ3n) is 4.21. The van der Waals surface area contributed by atoms with Gasteiger partial charge in [-0.1, -0.05) is 31.4 Å². The lowest BCUT2D eigenvalue weighted by Gasteiger charge is -2.22. The maximum atomic E-state index is 12.2. The Morgan fingerprint density at radius 1 is 1.20 bits per heavy atom. The van der Waals surface area contributed by atoms with Gasteiger partial charge in [-0.3, -0.25) is 4.79 Å². The lowest BCUT2D eigenvalue weighted by molar-refractivity contribution is 0.0744. The summed E-state index contributed by atoms with van der Waals surface area (Å²) >= 11 is 0. The predicted molar refractivity (Wildman–Crippen MR) is 81.1 cm³/mol. The van der Waals surface area contributed by atoms with Crippen molar-refractivity contribution in [3.63, 3.8) is 0 Å².